The Balaban J connectivity index is 2.41. The molecule has 0 bridgehead atoms. The Morgan fingerprint density at radius 3 is 2.55 bits per heavy atom. The Morgan fingerprint density at radius 1 is 1.64 bits per heavy atom. The number of carboxylic acid groups (broad SMARTS) is 1. The lowest BCUT2D eigenvalue weighted by Gasteiger charge is -2.19. The second-order valence-corrected chi connectivity index (χ2v) is 3.41. The standard InChI is InChI=1S/C8H15NO2/c1-6(2)9-4-3-7(5-9)8(10)11/h6-7H,3-5H2,1-2H3,(H,10,11)/t7-/m0/s1. The Hall–Kier alpha value is -0.570. The highest BCUT2D eigenvalue weighted by atomic mass is 16.4. The van der Waals surface area contributed by atoms with Gasteiger partial charge in [-0.15, -0.1) is 0 Å². The van der Waals surface area contributed by atoms with Crippen LogP contribution in [0.1, 0.15) is 20.3 Å². The third kappa shape index (κ3) is 1.93. The maximum absolute atomic E-state index is 10.5. The molecule has 3 nitrogen and oxygen atoms in total. The molecule has 1 fully saturated rings. The summed E-state index contributed by atoms with van der Waals surface area (Å²) in [6.45, 7) is 5.87. The summed E-state index contributed by atoms with van der Waals surface area (Å²) in [5.74, 6) is -0.773. The summed E-state index contributed by atoms with van der Waals surface area (Å²) in [6, 6.07) is 0.486. The zero-order chi connectivity index (χ0) is 8.43. The Bertz CT molecular complexity index is 156. The molecule has 0 aliphatic carbocycles. The van der Waals surface area contributed by atoms with Crippen molar-refractivity contribution in [2.75, 3.05) is 13.1 Å². The highest BCUT2D eigenvalue weighted by molar-refractivity contribution is 5.70. The highest BCUT2D eigenvalue weighted by Crippen LogP contribution is 2.17. The minimum Gasteiger partial charge on any atom is -0.481 e. The number of nitrogens with zero attached hydrogens (tertiary/aromatic N) is 1. The van der Waals surface area contributed by atoms with Crippen molar-refractivity contribution in [2.45, 2.75) is 26.3 Å². The lowest BCUT2D eigenvalue weighted by molar-refractivity contribution is -0.141. The smallest absolute Gasteiger partial charge is 0.307 e. The summed E-state index contributed by atoms with van der Waals surface area (Å²) < 4.78 is 0. The van der Waals surface area contributed by atoms with Crippen LogP contribution in [0.5, 0.6) is 0 Å². The summed E-state index contributed by atoms with van der Waals surface area (Å²) in [6.07, 6.45) is 0.813. The molecule has 0 saturated carbocycles. The van der Waals surface area contributed by atoms with Crippen molar-refractivity contribution in [1.29, 1.82) is 0 Å². The van der Waals surface area contributed by atoms with E-state index < -0.39 is 5.97 Å². The Kier molecular flexibility index (Phi) is 2.49. The number of rotatable bonds is 2. The average Bonchev–Trinajstić information content (AvgIpc) is 2.33. The van der Waals surface area contributed by atoms with Crippen LogP contribution in [0.25, 0.3) is 0 Å². The van der Waals surface area contributed by atoms with Gasteiger partial charge in [-0.3, -0.25) is 4.79 Å². The van der Waals surface area contributed by atoms with Crippen LogP contribution in [0, 0.1) is 5.92 Å². The third-order valence-corrected chi connectivity index (χ3v) is 2.30. The van der Waals surface area contributed by atoms with Crippen LogP contribution >= 0.6 is 0 Å². The van der Waals surface area contributed by atoms with Gasteiger partial charge in [-0.1, -0.05) is 0 Å². The summed E-state index contributed by atoms with van der Waals surface area (Å²) in [7, 11) is 0. The van der Waals surface area contributed by atoms with E-state index in [0.29, 0.717) is 6.04 Å². The first-order valence-corrected chi connectivity index (χ1v) is 4.08. The van der Waals surface area contributed by atoms with Gasteiger partial charge in [0.05, 0.1) is 5.92 Å². The molecule has 0 radical (unpaired) electrons. The van der Waals surface area contributed by atoms with E-state index in [2.05, 4.69) is 18.7 Å². The van der Waals surface area contributed by atoms with Crippen molar-refractivity contribution in [3.05, 3.63) is 0 Å². The molecule has 1 saturated heterocycles. The molecule has 0 aromatic carbocycles. The first-order chi connectivity index (χ1) is 5.11. The molecule has 0 aromatic heterocycles. The first kappa shape index (κ1) is 8.53. The number of carboxylic acids is 1. The number of hydrogen-bond acceptors (Lipinski definition) is 2. The van der Waals surface area contributed by atoms with E-state index in [-0.39, 0.29) is 5.92 Å². The van der Waals surface area contributed by atoms with E-state index in [9.17, 15) is 4.79 Å². The number of likely N-dealkylation sites (tertiary alicyclic amines) is 1. The maximum atomic E-state index is 10.5. The molecule has 0 unspecified atom stereocenters. The van der Waals surface area contributed by atoms with Crippen molar-refractivity contribution in [3.8, 4) is 0 Å². The second-order valence-electron chi connectivity index (χ2n) is 3.41. The lowest BCUT2D eigenvalue weighted by atomic mass is 10.1. The molecule has 1 atom stereocenters. The van der Waals surface area contributed by atoms with Crippen molar-refractivity contribution >= 4 is 5.97 Å². The molecule has 1 rings (SSSR count). The fourth-order valence-corrected chi connectivity index (χ4v) is 1.46. The van der Waals surface area contributed by atoms with E-state index in [1.54, 1.807) is 0 Å². The minimum atomic E-state index is -0.645. The third-order valence-electron chi connectivity index (χ3n) is 2.30. The predicted molar refractivity (Wildman–Crippen MR) is 42.5 cm³/mol. The van der Waals surface area contributed by atoms with Crippen molar-refractivity contribution < 1.29 is 9.90 Å². The lowest BCUT2D eigenvalue weighted by Crippen LogP contribution is -2.29. The quantitative estimate of drug-likeness (QED) is 0.644. The normalized spacial score (nSPS) is 26.3. The monoisotopic (exact) mass is 157 g/mol. The van der Waals surface area contributed by atoms with Crippen LogP contribution in [-0.4, -0.2) is 35.1 Å². The Morgan fingerprint density at radius 2 is 2.27 bits per heavy atom. The molecule has 1 aliphatic heterocycles. The number of carbonyl (C=O) groups is 1. The van der Waals surface area contributed by atoms with E-state index in [4.69, 9.17) is 5.11 Å². The largest absolute Gasteiger partial charge is 0.481 e. The molecule has 0 spiro atoms. The van der Waals surface area contributed by atoms with Crippen LogP contribution in [-0.2, 0) is 4.79 Å². The minimum absolute atomic E-state index is 0.127. The fraction of sp³-hybridized carbons (Fsp3) is 0.875. The second kappa shape index (κ2) is 3.22. The van der Waals surface area contributed by atoms with Crippen LogP contribution in [0.2, 0.25) is 0 Å². The molecule has 1 heterocycles. The van der Waals surface area contributed by atoms with Crippen molar-refractivity contribution in [3.63, 3.8) is 0 Å². The van der Waals surface area contributed by atoms with E-state index in [0.717, 1.165) is 19.5 Å². The van der Waals surface area contributed by atoms with Gasteiger partial charge < -0.3 is 10.0 Å². The van der Waals surface area contributed by atoms with Gasteiger partial charge >= 0.3 is 5.97 Å². The summed E-state index contributed by atoms with van der Waals surface area (Å²) in [5, 5.41) is 8.69. The van der Waals surface area contributed by atoms with Gasteiger partial charge in [-0.2, -0.15) is 0 Å². The van der Waals surface area contributed by atoms with Crippen LogP contribution in [0.15, 0.2) is 0 Å². The van der Waals surface area contributed by atoms with Gasteiger partial charge in [-0.05, 0) is 26.8 Å². The van der Waals surface area contributed by atoms with Gasteiger partial charge in [0.2, 0.25) is 0 Å². The highest BCUT2D eigenvalue weighted by Gasteiger charge is 2.28. The van der Waals surface area contributed by atoms with E-state index in [1.807, 2.05) is 0 Å². The Labute approximate surface area is 67.0 Å². The molecule has 0 amide bonds. The molecular formula is C8H15NO2. The topological polar surface area (TPSA) is 40.5 Å². The van der Waals surface area contributed by atoms with Gasteiger partial charge in [0.25, 0.3) is 0 Å². The molecule has 0 aromatic rings. The summed E-state index contributed by atoms with van der Waals surface area (Å²) in [5.41, 5.74) is 0. The zero-order valence-corrected chi connectivity index (χ0v) is 7.08. The number of hydrogen-bond donors (Lipinski definition) is 1. The molecule has 11 heavy (non-hydrogen) atoms. The van der Waals surface area contributed by atoms with Gasteiger partial charge in [0, 0.05) is 12.6 Å². The summed E-state index contributed by atoms with van der Waals surface area (Å²) in [4.78, 5) is 12.8. The van der Waals surface area contributed by atoms with Crippen LogP contribution in [0.3, 0.4) is 0 Å². The fourth-order valence-electron chi connectivity index (χ4n) is 1.46. The summed E-state index contributed by atoms with van der Waals surface area (Å²) >= 11 is 0. The molecule has 1 N–H and O–H groups in total. The van der Waals surface area contributed by atoms with Crippen LogP contribution in [0.4, 0.5) is 0 Å². The van der Waals surface area contributed by atoms with Crippen molar-refractivity contribution in [1.82, 2.24) is 4.90 Å². The van der Waals surface area contributed by atoms with E-state index >= 15 is 0 Å². The van der Waals surface area contributed by atoms with Gasteiger partial charge in [0.15, 0.2) is 0 Å². The predicted octanol–water partition coefficient (Wildman–Crippen LogP) is 0.801. The zero-order valence-electron chi connectivity index (χ0n) is 7.08. The average molecular weight is 157 g/mol. The van der Waals surface area contributed by atoms with E-state index in [1.165, 1.54) is 0 Å². The SMILES string of the molecule is CC(C)N1CC[C@H](C(=O)O)C1. The van der Waals surface area contributed by atoms with Crippen molar-refractivity contribution in [2.24, 2.45) is 5.92 Å². The molecule has 1 aliphatic rings. The maximum Gasteiger partial charge on any atom is 0.307 e. The molecule has 3 heteroatoms. The van der Waals surface area contributed by atoms with Gasteiger partial charge in [-0.25, -0.2) is 0 Å². The number of aliphatic carboxylic acids is 1. The van der Waals surface area contributed by atoms with Crippen LogP contribution < -0.4 is 0 Å². The first-order valence-electron chi connectivity index (χ1n) is 4.08. The van der Waals surface area contributed by atoms with Gasteiger partial charge in [0.1, 0.15) is 0 Å². The molecular weight excluding hydrogens is 142 g/mol. The molecule has 64 valence electrons.